The van der Waals surface area contributed by atoms with E-state index in [1.54, 1.807) is 29.7 Å². The van der Waals surface area contributed by atoms with E-state index in [9.17, 15) is 4.79 Å². The molecule has 5 heteroatoms. The third-order valence-corrected chi connectivity index (χ3v) is 4.57. The van der Waals surface area contributed by atoms with Gasteiger partial charge in [-0.3, -0.25) is 4.79 Å². The van der Waals surface area contributed by atoms with Crippen LogP contribution in [0.5, 0.6) is 0 Å². The summed E-state index contributed by atoms with van der Waals surface area (Å²) in [7, 11) is 0. The second-order valence-corrected chi connectivity index (χ2v) is 5.70. The summed E-state index contributed by atoms with van der Waals surface area (Å²) in [5.74, 6) is 0.459. The summed E-state index contributed by atoms with van der Waals surface area (Å²) in [5.41, 5.74) is 7.42. The van der Waals surface area contributed by atoms with Crippen molar-refractivity contribution in [2.45, 2.75) is 19.4 Å². The lowest BCUT2D eigenvalue weighted by Crippen LogP contribution is -2.38. The summed E-state index contributed by atoms with van der Waals surface area (Å²) in [6, 6.07) is 5.64. The number of anilines is 1. The molecule has 2 N–H and O–H groups in total. The maximum Gasteiger partial charge on any atom is 0.255 e. The number of nitrogen functional groups attached to an aromatic ring is 1. The minimum atomic E-state index is 0.0249. The van der Waals surface area contributed by atoms with Crippen molar-refractivity contribution in [3.63, 3.8) is 0 Å². The highest BCUT2D eigenvalue weighted by Crippen LogP contribution is 2.33. The average Bonchev–Trinajstić information content (AvgIpc) is 2.88. The smallest absolute Gasteiger partial charge is 0.255 e. The fraction of sp³-hybridized carbons (Fsp3) is 0.286. The molecule has 0 aromatic carbocycles. The second kappa shape index (κ2) is 4.66. The van der Waals surface area contributed by atoms with E-state index in [1.165, 1.54) is 10.4 Å². The zero-order valence-electron chi connectivity index (χ0n) is 10.7. The summed E-state index contributed by atoms with van der Waals surface area (Å²) in [4.78, 5) is 19.8. The highest BCUT2D eigenvalue weighted by atomic mass is 32.1. The van der Waals surface area contributed by atoms with Gasteiger partial charge in [0.15, 0.2) is 0 Å². The number of nitrogens with two attached hydrogens (primary N) is 1. The number of carbonyl (C=O) groups excluding carboxylic acids is 1. The van der Waals surface area contributed by atoms with Gasteiger partial charge in [-0.05, 0) is 42.5 Å². The zero-order valence-corrected chi connectivity index (χ0v) is 11.5. The number of carbonyl (C=O) groups is 1. The highest BCUT2D eigenvalue weighted by molar-refractivity contribution is 7.10. The summed E-state index contributed by atoms with van der Waals surface area (Å²) in [6.45, 7) is 2.84. The van der Waals surface area contributed by atoms with Gasteiger partial charge >= 0.3 is 0 Å². The Balaban J connectivity index is 1.87. The molecule has 1 unspecified atom stereocenters. The largest absolute Gasteiger partial charge is 0.384 e. The number of nitrogens with zero attached hydrogens (tertiary/aromatic N) is 2. The normalized spacial score (nSPS) is 18.2. The van der Waals surface area contributed by atoms with Crippen molar-refractivity contribution in [1.82, 2.24) is 9.88 Å². The molecule has 0 saturated heterocycles. The van der Waals surface area contributed by atoms with Crippen LogP contribution in [0.15, 0.2) is 29.8 Å². The van der Waals surface area contributed by atoms with Gasteiger partial charge in [-0.1, -0.05) is 0 Å². The van der Waals surface area contributed by atoms with Gasteiger partial charge in [-0.25, -0.2) is 4.98 Å². The van der Waals surface area contributed by atoms with E-state index in [4.69, 9.17) is 5.73 Å². The maximum absolute atomic E-state index is 12.5. The number of fused-ring (bicyclic) bond motifs is 1. The van der Waals surface area contributed by atoms with Crippen LogP contribution in [-0.4, -0.2) is 22.3 Å². The Hall–Kier alpha value is -1.88. The van der Waals surface area contributed by atoms with E-state index < -0.39 is 0 Å². The van der Waals surface area contributed by atoms with Gasteiger partial charge in [0, 0.05) is 17.6 Å². The van der Waals surface area contributed by atoms with Gasteiger partial charge < -0.3 is 10.6 Å². The Kier molecular flexibility index (Phi) is 2.98. The molecule has 19 heavy (non-hydrogen) atoms. The molecule has 2 aromatic heterocycles. The standard InChI is InChI=1S/C14H15N3OS/c1-9-11-5-7-19-12(11)4-6-17(9)14(18)10-2-3-13(15)16-8-10/h2-3,5,7-9H,4,6H2,1H3,(H2,15,16). The Morgan fingerprint density at radius 2 is 2.32 bits per heavy atom. The van der Waals surface area contributed by atoms with Crippen molar-refractivity contribution in [3.05, 3.63) is 45.8 Å². The minimum Gasteiger partial charge on any atom is -0.384 e. The number of aromatic nitrogens is 1. The number of amides is 1. The van der Waals surface area contributed by atoms with E-state index in [1.807, 2.05) is 4.90 Å². The van der Waals surface area contributed by atoms with Crippen molar-refractivity contribution < 1.29 is 4.79 Å². The molecule has 3 heterocycles. The van der Waals surface area contributed by atoms with E-state index in [2.05, 4.69) is 23.4 Å². The molecule has 0 saturated carbocycles. The third-order valence-electron chi connectivity index (χ3n) is 3.57. The van der Waals surface area contributed by atoms with E-state index in [0.29, 0.717) is 11.4 Å². The summed E-state index contributed by atoms with van der Waals surface area (Å²) < 4.78 is 0. The van der Waals surface area contributed by atoms with Gasteiger partial charge in [0.25, 0.3) is 5.91 Å². The Bertz CT molecular complexity index is 605. The lowest BCUT2D eigenvalue weighted by Gasteiger charge is -2.33. The molecular weight excluding hydrogens is 258 g/mol. The lowest BCUT2D eigenvalue weighted by atomic mass is 10.0. The van der Waals surface area contributed by atoms with Crippen LogP contribution >= 0.6 is 11.3 Å². The SMILES string of the molecule is CC1c2ccsc2CCN1C(=O)c1ccc(N)nc1. The molecule has 0 aliphatic carbocycles. The Morgan fingerprint density at radius 1 is 1.47 bits per heavy atom. The van der Waals surface area contributed by atoms with Gasteiger partial charge in [-0.15, -0.1) is 11.3 Å². The molecule has 4 nitrogen and oxygen atoms in total. The van der Waals surface area contributed by atoms with Gasteiger partial charge in [-0.2, -0.15) is 0 Å². The van der Waals surface area contributed by atoms with Crippen LogP contribution in [0.1, 0.15) is 33.8 Å². The molecule has 98 valence electrons. The minimum absolute atomic E-state index is 0.0249. The molecule has 0 radical (unpaired) electrons. The molecule has 3 rings (SSSR count). The Labute approximate surface area is 115 Å². The molecule has 0 spiro atoms. The van der Waals surface area contributed by atoms with E-state index >= 15 is 0 Å². The van der Waals surface area contributed by atoms with E-state index in [-0.39, 0.29) is 11.9 Å². The molecule has 0 bridgehead atoms. The van der Waals surface area contributed by atoms with Crippen molar-refractivity contribution >= 4 is 23.1 Å². The van der Waals surface area contributed by atoms with Crippen molar-refractivity contribution in [2.75, 3.05) is 12.3 Å². The van der Waals surface area contributed by atoms with Crippen LogP contribution in [0.2, 0.25) is 0 Å². The molecule has 1 atom stereocenters. The average molecular weight is 273 g/mol. The van der Waals surface area contributed by atoms with Gasteiger partial charge in [0.05, 0.1) is 11.6 Å². The summed E-state index contributed by atoms with van der Waals surface area (Å²) >= 11 is 1.77. The number of rotatable bonds is 1. The molecule has 2 aromatic rings. The van der Waals surface area contributed by atoms with Crippen LogP contribution in [0.25, 0.3) is 0 Å². The topological polar surface area (TPSA) is 59.2 Å². The van der Waals surface area contributed by atoms with Gasteiger partial charge in [0.2, 0.25) is 0 Å². The molecule has 1 amide bonds. The molecule has 0 fully saturated rings. The summed E-state index contributed by atoms with van der Waals surface area (Å²) in [5, 5.41) is 2.10. The third kappa shape index (κ3) is 2.10. The fourth-order valence-electron chi connectivity index (χ4n) is 2.48. The number of hydrogen-bond donors (Lipinski definition) is 1. The second-order valence-electron chi connectivity index (χ2n) is 4.70. The highest BCUT2D eigenvalue weighted by Gasteiger charge is 2.28. The monoisotopic (exact) mass is 273 g/mol. The quantitative estimate of drug-likeness (QED) is 0.868. The Morgan fingerprint density at radius 3 is 3.05 bits per heavy atom. The predicted molar refractivity (Wildman–Crippen MR) is 76.1 cm³/mol. The molecular formula is C14H15N3OS. The van der Waals surface area contributed by atoms with Crippen molar-refractivity contribution in [3.8, 4) is 0 Å². The maximum atomic E-state index is 12.5. The fourth-order valence-corrected chi connectivity index (χ4v) is 3.45. The first-order chi connectivity index (χ1) is 9.16. The van der Waals surface area contributed by atoms with Gasteiger partial charge in [0.1, 0.15) is 5.82 Å². The molecule has 1 aliphatic heterocycles. The lowest BCUT2D eigenvalue weighted by molar-refractivity contribution is 0.0679. The van der Waals surface area contributed by atoms with Crippen LogP contribution in [0.3, 0.4) is 0 Å². The van der Waals surface area contributed by atoms with Crippen LogP contribution in [-0.2, 0) is 6.42 Å². The first-order valence-corrected chi connectivity index (χ1v) is 7.13. The van der Waals surface area contributed by atoms with Crippen LogP contribution in [0.4, 0.5) is 5.82 Å². The zero-order chi connectivity index (χ0) is 13.4. The number of thiophene rings is 1. The van der Waals surface area contributed by atoms with E-state index in [0.717, 1.165) is 13.0 Å². The van der Waals surface area contributed by atoms with Crippen LogP contribution < -0.4 is 5.73 Å². The first kappa shape index (κ1) is 12.2. The van der Waals surface area contributed by atoms with Crippen molar-refractivity contribution in [2.24, 2.45) is 0 Å². The molecule has 1 aliphatic rings. The summed E-state index contributed by atoms with van der Waals surface area (Å²) in [6.07, 6.45) is 2.49. The van der Waals surface area contributed by atoms with Crippen molar-refractivity contribution in [1.29, 1.82) is 0 Å². The number of pyridine rings is 1. The first-order valence-electron chi connectivity index (χ1n) is 6.25. The predicted octanol–water partition coefficient (Wildman–Crippen LogP) is 2.48. The number of hydrogen-bond acceptors (Lipinski definition) is 4. The van der Waals surface area contributed by atoms with Crippen LogP contribution in [0, 0.1) is 0 Å².